The highest BCUT2D eigenvalue weighted by atomic mass is 16.5. The van der Waals surface area contributed by atoms with Gasteiger partial charge in [-0.15, -0.1) is 0 Å². The SMILES string of the molecule is CNC(=O)Nc1cccc(NC(=O)c2cccc(OCCOC)c2)c1. The first-order valence-electron chi connectivity index (χ1n) is 7.74. The van der Waals surface area contributed by atoms with Crippen molar-refractivity contribution >= 4 is 23.3 Å². The van der Waals surface area contributed by atoms with Crippen molar-refractivity contribution in [1.82, 2.24) is 5.32 Å². The number of carbonyl (C=O) groups excluding carboxylic acids is 2. The molecule has 0 aliphatic carbocycles. The highest BCUT2D eigenvalue weighted by Gasteiger charge is 2.08. The van der Waals surface area contributed by atoms with Gasteiger partial charge in [0.2, 0.25) is 0 Å². The van der Waals surface area contributed by atoms with E-state index in [0.717, 1.165) is 0 Å². The number of anilines is 2. The summed E-state index contributed by atoms with van der Waals surface area (Å²) in [4.78, 5) is 23.7. The molecule has 3 amide bonds. The number of urea groups is 1. The normalized spacial score (nSPS) is 10.0. The van der Waals surface area contributed by atoms with Crippen molar-refractivity contribution in [2.24, 2.45) is 0 Å². The molecule has 0 saturated carbocycles. The van der Waals surface area contributed by atoms with Gasteiger partial charge in [0, 0.05) is 31.1 Å². The summed E-state index contributed by atoms with van der Waals surface area (Å²) in [6.07, 6.45) is 0. The fourth-order valence-corrected chi connectivity index (χ4v) is 2.04. The molecule has 0 aliphatic rings. The van der Waals surface area contributed by atoms with Gasteiger partial charge in [-0.05, 0) is 36.4 Å². The van der Waals surface area contributed by atoms with Crippen LogP contribution in [0.3, 0.4) is 0 Å². The molecule has 3 N–H and O–H groups in total. The Bertz CT molecular complexity index is 734. The minimum absolute atomic E-state index is 0.269. The van der Waals surface area contributed by atoms with Crippen LogP contribution in [0.2, 0.25) is 0 Å². The average Bonchev–Trinajstić information content (AvgIpc) is 2.62. The number of methoxy groups -OCH3 is 1. The molecule has 0 atom stereocenters. The molecule has 2 aromatic carbocycles. The van der Waals surface area contributed by atoms with Gasteiger partial charge < -0.3 is 25.4 Å². The number of nitrogens with one attached hydrogen (secondary N) is 3. The van der Waals surface area contributed by atoms with Crippen molar-refractivity contribution in [1.29, 1.82) is 0 Å². The van der Waals surface area contributed by atoms with Gasteiger partial charge in [-0.25, -0.2) is 4.79 Å². The third kappa shape index (κ3) is 5.82. The lowest BCUT2D eigenvalue weighted by Gasteiger charge is -2.10. The van der Waals surface area contributed by atoms with E-state index < -0.39 is 0 Å². The molecule has 0 spiro atoms. The third-order valence-corrected chi connectivity index (χ3v) is 3.26. The van der Waals surface area contributed by atoms with Crippen molar-refractivity contribution < 1.29 is 19.1 Å². The Morgan fingerprint density at radius 3 is 2.40 bits per heavy atom. The second-order valence-electron chi connectivity index (χ2n) is 5.11. The number of hydrogen-bond acceptors (Lipinski definition) is 4. The minimum Gasteiger partial charge on any atom is -0.491 e. The fourth-order valence-electron chi connectivity index (χ4n) is 2.04. The number of carbonyl (C=O) groups is 2. The van der Waals surface area contributed by atoms with Crippen molar-refractivity contribution in [3.63, 3.8) is 0 Å². The zero-order valence-corrected chi connectivity index (χ0v) is 14.2. The van der Waals surface area contributed by atoms with Crippen LogP contribution < -0.4 is 20.7 Å². The van der Waals surface area contributed by atoms with Crippen LogP contribution in [0.4, 0.5) is 16.2 Å². The van der Waals surface area contributed by atoms with Crippen molar-refractivity contribution in [2.75, 3.05) is 38.0 Å². The molecule has 0 unspecified atom stereocenters. The molecule has 7 nitrogen and oxygen atoms in total. The first-order chi connectivity index (χ1) is 12.1. The van der Waals surface area contributed by atoms with Gasteiger partial charge in [0.15, 0.2) is 0 Å². The van der Waals surface area contributed by atoms with E-state index in [1.807, 2.05) is 0 Å². The maximum Gasteiger partial charge on any atom is 0.318 e. The van der Waals surface area contributed by atoms with Gasteiger partial charge in [0.05, 0.1) is 6.61 Å². The molecule has 0 saturated heterocycles. The van der Waals surface area contributed by atoms with Crippen LogP contribution >= 0.6 is 0 Å². The van der Waals surface area contributed by atoms with Crippen LogP contribution in [0.25, 0.3) is 0 Å². The summed E-state index contributed by atoms with van der Waals surface area (Å²) in [5.41, 5.74) is 1.62. The quantitative estimate of drug-likeness (QED) is 0.675. The molecule has 7 heteroatoms. The van der Waals surface area contributed by atoms with E-state index in [4.69, 9.17) is 9.47 Å². The Labute approximate surface area is 146 Å². The highest BCUT2D eigenvalue weighted by molar-refractivity contribution is 6.04. The van der Waals surface area contributed by atoms with Gasteiger partial charge in [-0.3, -0.25) is 4.79 Å². The van der Waals surface area contributed by atoms with Crippen LogP contribution in [0.15, 0.2) is 48.5 Å². The maximum absolute atomic E-state index is 12.4. The van der Waals surface area contributed by atoms with E-state index in [0.29, 0.717) is 35.9 Å². The standard InChI is InChI=1S/C18H21N3O4/c1-19-18(23)21-15-7-4-6-14(12-15)20-17(22)13-5-3-8-16(11-13)25-10-9-24-2/h3-8,11-12H,9-10H2,1-2H3,(H,20,22)(H2,19,21,23). The molecule has 0 aromatic heterocycles. The Morgan fingerprint density at radius 2 is 1.68 bits per heavy atom. The highest BCUT2D eigenvalue weighted by Crippen LogP contribution is 2.18. The van der Waals surface area contributed by atoms with Crippen molar-refractivity contribution in [3.05, 3.63) is 54.1 Å². The molecule has 25 heavy (non-hydrogen) atoms. The van der Waals surface area contributed by atoms with E-state index in [-0.39, 0.29) is 11.9 Å². The van der Waals surface area contributed by atoms with E-state index in [2.05, 4.69) is 16.0 Å². The van der Waals surface area contributed by atoms with E-state index in [1.54, 1.807) is 55.6 Å². The minimum atomic E-state index is -0.329. The number of amides is 3. The van der Waals surface area contributed by atoms with Gasteiger partial charge in [0.25, 0.3) is 5.91 Å². The third-order valence-electron chi connectivity index (χ3n) is 3.26. The monoisotopic (exact) mass is 343 g/mol. The van der Waals surface area contributed by atoms with E-state index in [1.165, 1.54) is 7.05 Å². The van der Waals surface area contributed by atoms with Crippen LogP contribution in [-0.2, 0) is 4.74 Å². The largest absolute Gasteiger partial charge is 0.491 e. The van der Waals surface area contributed by atoms with Gasteiger partial charge in [0.1, 0.15) is 12.4 Å². The van der Waals surface area contributed by atoms with Crippen LogP contribution in [0, 0.1) is 0 Å². The summed E-state index contributed by atoms with van der Waals surface area (Å²) in [5, 5.41) is 7.91. The fraction of sp³-hybridized carbons (Fsp3) is 0.222. The lowest BCUT2D eigenvalue weighted by Crippen LogP contribution is -2.24. The summed E-state index contributed by atoms with van der Waals surface area (Å²) >= 11 is 0. The predicted octanol–water partition coefficient (Wildman–Crippen LogP) is 2.72. The molecule has 0 bridgehead atoms. The number of benzene rings is 2. The van der Waals surface area contributed by atoms with Crippen LogP contribution in [0.1, 0.15) is 10.4 Å². The predicted molar refractivity (Wildman–Crippen MR) is 96.3 cm³/mol. The van der Waals surface area contributed by atoms with E-state index >= 15 is 0 Å². The summed E-state index contributed by atoms with van der Waals surface area (Å²) in [6, 6.07) is 13.5. The van der Waals surface area contributed by atoms with Gasteiger partial charge >= 0.3 is 6.03 Å². The molecule has 0 fully saturated rings. The summed E-state index contributed by atoms with van der Waals surface area (Å²) < 4.78 is 10.4. The summed E-state index contributed by atoms with van der Waals surface area (Å²) in [7, 11) is 3.13. The molecular weight excluding hydrogens is 322 g/mol. The van der Waals surface area contributed by atoms with Gasteiger partial charge in [-0.1, -0.05) is 12.1 Å². The molecule has 2 rings (SSSR count). The molecule has 132 valence electrons. The van der Waals surface area contributed by atoms with Crippen LogP contribution in [0.5, 0.6) is 5.75 Å². The number of rotatable bonds is 7. The van der Waals surface area contributed by atoms with Crippen molar-refractivity contribution in [3.8, 4) is 5.75 Å². The molecular formula is C18H21N3O4. The lowest BCUT2D eigenvalue weighted by molar-refractivity contribution is 0.102. The second-order valence-corrected chi connectivity index (χ2v) is 5.11. The van der Waals surface area contributed by atoms with Crippen LogP contribution in [-0.4, -0.2) is 39.3 Å². The van der Waals surface area contributed by atoms with E-state index in [9.17, 15) is 9.59 Å². The number of hydrogen-bond donors (Lipinski definition) is 3. The van der Waals surface area contributed by atoms with Gasteiger partial charge in [-0.2, -0.15) is 0 Å². The molecule has 0 heterocycles. The Balaban J connectivity index is 2.03. The zero-order chi connectivity index (χ0) is 18.1. The summed E-state index contributed by atoms with van der Waals surface area (Å²) in [5.74, 6) is 0.328. The summed E-state index contributed by atoms with van der Waals surface area (Å²) in [6.45, 7) is 0.885. The first-order valence-corrected chi connectivity index (χ1v) is 7.74. The zero-order valence-electron chi connectivity index (χ0n) is 14.2. The lowest BCUT2D eigenvalue weighted by atomic mass is 10.2. The van der Waals surface area contributed by atoms with Crippen molar-refractivity contribution in [2.45, 2.75) is 0 Å². The average molecular weight is 343 g/mol. The molecule has 0 aliphatic heterocycles. The second kappa shape index (κ2) is 9.29. The maximum atomic E-state index is 12.4. The Morgan fingerprint density at radius 1 is 0.960 bits per heavy atom. The smallest absolute Gasteiger partial charge is 0.318 e. The topological polar surface area (TPSA) is 88.7 Å². The molecule has 0 radical (unpaired) electrons. The number of ether oxygens (including phenoxy) is 2. The Hall–Kier alpha value is -3.06. The Kier molecular flexibility index (Phi) is 6.79. The molecule has 2 aromatic rings. The first kappa shape index (κ1) is 18.3.